The number of hydrogen-bond acceptors (Lipinski definition) is 3. The van der Waals surface area contributed by atoms with Crippen LogP contribution in [0.15, 0.2) is 18.2 Å². The molecule has 112 valence electrons. The van der Waals surface area contributed by atoms with Gasteiger partial charge in [0, 0.05) is 30.7 Å². The van der Waals surface area contributed by atoms with Crippen molar-refractivity contribution >= 4 is 11.6 Å². The number of aryl methyl sites for hydroxylation is 1. The van der Waals surface area contributed by atoms with Gasteiger partial charge in [-0.05, 0) is 57.1 Å². The maximum absolute atomic E-state index is 6.24. The van der Waals surface area contributed by atoms with Crippen molar-refractivity contribution in [3.05, 3.63) is 34.3 Å². The van der Waals surface area contributed by atoms with Crippen LogP contribution >= 0.6 is 11.6 Å². The minimum atomic E-state index is 0.249. The Morgan fingerprint density at radius 2 is 2.25 bits per heavy atom. The summed E-state index contributed by atoms with van der Waals surface area (Å²) in [5.74, 6) is 0.750. The summed E-state index contributed by atoms with van der Waals surface area (Å²) in [4.78, 5) is 4.78. The molecule has 1 aromatic carbocycles. The van der Waals surface area contributed by atoms with Crippen molar-refractivity contribution < 1.29 is 0 Å². The van der Waals surface area contributed by atoms with Crippen molar-refractivity contribution in [3.63, 3.8) is 0 Å². The minimum absolute atomic E-state index is 0.249. The van der Waals surface area contributed by atoms with Crippen LogP contribution < -0.4 is 5.73 Å². The molecule has 0 bridgehead atoms. The fourth-order valence-corrected chi connectivity index (χ4v) is 3.29. The highest BCUT2D eigenvalue weighted by molar-refractivity contribution is 6.31. The van der Waals surface area contributed by atoms with Crippen LogP contribution in [0, 0.1) is 12.8 Å². The molecule has 4 heteroatoms. The number of nitrogens with two attached hydrogens (primary N) is 1. The third-order valence-electron chi connectivity index (χ3n) is 4.37. The molecule has 20 heavy (non-hydrogen) atoms. The van der Waals surface area contributed by atoms with Crippen LogP contribution in [0.25, 0.3) is 0 Å². The number of nitrogens with zero attached hydrogens (tertiary/aromatic N) is 2. The lowest BCUT2D eigenvalue weighted by Crippen LogP contribution is -2.35. The predicted molar refractivity (Wildman–Crippen MR) is 86.2 cm³/mol. The summed E-state index contributed by atoms with van der Waals surface area (Å²) >= 11 is 6.24. The van der Waals surface area contributed by atoms with Gasteiger partial charge in [-0.2, -0.15) is 0 Å². The molecule has 0 amide bonds. The number of likely N-dealkylation sites (tertiary alicyclic amines) is 1. The van der Waals surface area contributed by atoms with Crippen molar-refractivity contribution in [2.45, 2.75) is 19.4 Å². The molecule has 1 fully saturated rings. The zero-order chi connectivity index (χ0) is 14.7. The van der Waals surface area contributed by atoms with E-state index in [0.717, 1.165) is 23.0 Å². The van der Waals surface area contributed by atoms with Gasteiger partial charge in [0.1, 0.15) is 0 Å². The molecule has 0 radical (unpaired) electrons. The summed E-state index contributed by atoms with van der Waals surface area (Å²) < 4.78 is 0. The highest BCUT2D eigenvalue weighted by Gasteiger charge is 2.24. The lowest BCUT2D eigenvalue weighted by atomic mass is 10.0. The van der Waals surface area contributed by atoms with E-state index in [0.29, 0.717) is 6.54 Å². The average molecular weight is 296 g/mol. The van der Waals surface area contributed by atoms with Crippen LogP contribution in [0.4, 0.5) is 0 Å². The first-order valence-corrected chi connectivity index (χ1v) is 7.74. The quantitative estimate of drug-likeness (QED) is 0.906. The van der Waals surface area contributed by atoms with Crippen LogP contribution in [0.1, 0.15) is 23.6 Å². The third kappa shape index (κ3) is 3.73. The van der Waals surface area contributed by atoms with E-state index in [4.69, 9.17) is 17.3 Å². The maximum atomic E-state index is 6.24. The second-order valence-electron chi connectivity index (χ2n) is 6.12. The molecule has 1 heterocycles. The summed E-state index contributed by atoms with van der Waals surface area (Å²) in [7, 11) is 4.36. The average Bonchev–Trinajstić information content (AvgIpc) is 2.80. The summed E-state index contributed by atoms with van der Waals surface area (Å²) in [6.07, 6.45) is 1.28. The van der Waals surface area contributed by atoms with Gasteiger partial charge in [-0.1, -0.05) is 23.7 Å². The molecule has 0 saturated carbocycles. The molecule has 2 N–H and O–H groups in total. The van der Waals surface area contributed by atoms with E-state index in [-0.39, 0.29) is 6.04 Å². The molecule has 2 atom stereocenters. The molecular weight excluding hydrogens is 270 g/mol. The number of likely N-dealkylation sites (N-methyl/N-ethyl adjacent to an activating group) is 1. The Labute approximate surface area is 127 Å². The summed E-state index contributed by atoms with van der Waals surface area (Å²) in [6, 6.07) is 6.54. The molecule has 2 unspecified atom stereocenters. The Morgan fingerprint density at radius 1 is 1.50 bits per heavy atom. The largest absolute Gasteiger partial charge is 0.329 e. The fraction of sp³-hybridized carbons (Fsp3) is 0.625. The summed E-state index contributed by atoms with van der Waals surface area (Å²) in [5, 5.41) is 0.829. The third-order valence-corrected chi connectivity index (χ3v) is 4.78. The van der Waals surface area contributed by atoms with Crippen molar-refractivity contribution in [2.75, 3.05) is 40.3 Å². The van der Waals surface area contributed by atoms with Crippen molar-refractivity contribution in [1.29, 1.82) is 0 Å². The van der Waals surface area contributed by atoms with Crippen molar-refractivity contribution in [1.82, 2.24) is 9.80 Å². The lowest BCUT2D eigenvalue weighted by molar-refractivity contribution is 0.211. The Morgan fingerprint density at radius 3 is 2.80 bits per heavy atom. The Bertz CT molecular complexity index is 449. The number of rotatable bonds is 5. The van der Waals surface area contributed by atoms with Gasteiger partial charge < -0.3 is 10.6 Å². The monoisotopic (exact) mass is 295 g/mol. The number of benzene rings is 1. The van der Waals surface area contributed by atoms with E-state index in [1.807, 2.05) is 6.92 Å². The highest BCUT2D eigenvalue weighted by Crippen LogP contribution is 2.26. The highest BCUT2D eigenvalue weighted by atomic mass is 35.5. The Kier molecular flexibility index (Phi) is 5.44. The molecule has 3 nitrogen and oxygen atoms in total. The standard InChI is InChI=1S/C16H26ClN3/c1-12-4-5-14(8-15(12)17)16(9-18)20(3)11-13-6-7-19(2)10-13/h4-5,8,13,16H,6-7,9-11,18H2,1-3H3. The van der Waals surface area contributed by atoms with E-state index < -0.39 is 0 Å². The number of hydrogen-bond donors (Lipinski definition) is 1. The first-order valence-electron chi connectivity index (χ1n) is 7.36. The predicted octanol–water partition coefficient (Wildman–Crippen LogP) is 2.53. The molecule has 2 rings (SSSR count). The van der Waals surface area contributed by atoms with Crippen LogP contribution in [-0.2, 0) is 0 Å². The zero-order valence-corrected chi connectivity index (χ0v) is 13.5. The smallest absolute Gasteiger partial charge is 0.0468 e. The van der Waals surface area contributed by atoms with Gasteiger partial charge in [0.25, 0.3) is 0 Å². The Hall–Kier alpha value is -0.610. The van der Waals surface area contributed by atoms with Gasteiger partial charge in [-0.15, -0.1) is 0 Å². The van der Waals surface area contributed by atoms with Gasteiger partial charge in [-0.3, -0.25) is 4.90 Å². The minimum Gasteiger partial charge on any atom is -0.329 e. The molecule has 0 spiro atoms. The molecule has 0 aromatic heterocycles. The fourth-order valence-electron chi connectivity index (χ4n) is 3.10. The normalized spacial score (nSPS) is 21.6. The van der Waals surface area contributed by atoms with Crippen LogP contribution in [0.5, 0.6) is 0 Å². The SMILES string of the molecule is Cc1ccc(C(CN)N(C)CC2CCN(C)C2)cc1Cl. The summed E-state index contributed by atoms with van der Waals surface area (Å²) in [5.41, 5.74) is 8.34. The van der Waals surface area contributed by atoms with Crippen molar-refractivity contribution in [2.24, 2.45) is 11.7 Å². The molecular formula is C16H26ClN3. The van der Waals surface area contributed by atoms with E-state index in [1.165, 1.54) is 25.1 Å². The van der Waals surface area contributed by atoms with Gasteiger partial charge in [0.05, 0.1) is 0 Å². The van der Waals surface area contributed by atoms with E-state index in [1.54, 1.807) is 0 Å². The lowest BCUT2D eigenvalue weighted by Gasteiger charge is -2.30. The molecule has 1 saturated heterocycles. The maximum Gasteiger partial charge on any atom is 0.0468 e. The van der Waals surface area contributed by atoms with Crippen LogP contribution in [0.2, 0.25) is 5.02 Å². The van der Waals surface area contributed by atoms with Gasteiger partial charge in [0.2, 0.25) is 0 Å². The second-order valence-corrected chi connectivity index (χ2v) is 6.52. The van der Waals surface area contributed by atoms with Gasteiger partial charge in [0.15, 0.2) is 0 Å². The molecule has 1 aromatic rings. The Balaban J connectivity index is 2.04. The van der Waals surface area contributed by atoms with E-state index in [9.17, 15) is 0 Å². The van der Waals surface area contributed by atoms with Crippen molar-refractivity contribution in [3.8, 4) is 0 Å². The molecule has 0 aliphatic carbocycles. The molecule has 1 aliphatic rings. The van der Waals surface area contributed by atoms with E-state index >= 15 is 0 Å². The first-order chi connectivity index (χ1) is 9.51. The van der Waals surface area contributed by atoms with Crippen LogP contribution in [-0.4, -0.2) is 50.1 Å². The number of halogens is 1. The summed E-state index contributed by atoms with van der Waals surface area (Å²) in [6.45, 7) is 6.15. The van der Waals surface area contributed by atoms with Gasteiger partial charge >= 0.3 is 0 Å². The molecule has 1 aliphatic heterocycles. The van der Waals surface area contributed by atoms with E-state index in [2.05, 4.69) is 42.1 Å². The first kappa shape index (κ1) is 15.8. The zero-order valence-electron chi connectivity index (χ0n) is 12.8. The van der Waals surface area contributed by atoms with Gasteiger partial charge in [-0.25, -0.2) is 0 Å². The second kappa shape index (κ2) is 6.90. The topological polar surface area (TPSA) is 32.5 Å². The van der Waals surface area contributed by atoms with Crippen LogP contribution in [0.3, 0.4) is 0 Å².